The Labute approximate surface area is 95.6 Å². The smallest absolute Gasteiger partial charge is 0.326 e. The number of piperidine rings is 1. The molecule has 1 aliphatic heterocycles. The minimum atomic E-state index is -0.973. The van der Waals surface area contributed by atoms with Gasteiger partial charge in [0.1, 0.15) is 6.04 Å². The van der Waals surface area contributed by atoms with Crippen molar-refractivity contribution in [3.8, 4) is 0 Å². The first-order valence-corrected chi connectivity index (χ1v) is 5.79. The monoisotopic (exact) mass is 228 g/mol. The van der Waals surface area contributed by atoms with Gasteiger partial charge >= 0.3 is 5.97 Å². The molecule has 3 N–H and O–H groups in total. The molecule has 0 aromatic carbocycles. The Balaban J connectivity index is 2.50. The first-order chi connectivity index (χ1) is 7.52. The number of rotatable bonds is 4. The van der Waals surface area contributed by atoms with Gasteiger partial charge in [0.25, 0.3) is 0 Å². The molecule has 5 heteroatoms. The standard InChI is InChI=1S/C11H20N2O3/c1-7(2)9(11(15)16)13-10(14)8-5-3-4-6-12-8/h7-9,12H,3-6H2,1-2H3,(H,13,14)(H,15,16)/t8-,9?/m1/s1. The molecule has 1 unspecified atom stereocenters. The normalized spacial score (nSPS) is 22.8. The van der Waals surface area contributed by atoms with Gasteiger partial charge in [-0.05, 0) is 25.3 Å². The van der Waals surface area contributed by atoms with E-state index in [0.29, 0.717) is 0 Å². The van der Waals surface area contributed by atoms with Gasteiger partial charge in [-0.3, -0.25) is 4.79 Å². The van der Waals surface area contributed by atoms with Crippen molar-refractivity contribution in [1.29, 1.82) is 0 Å². The highest BCUT2D eigenvalue weighted by molar-refractivity contribution is 5.87. The van der Waals surface area contributed by atoms with E-state index in [4.69, 9.17) is 5.11 Å². The quantitative estimate of drug-likeness (QED) is 0.649. The average Bonchev–Trinajstić information content (AvgIpc) is 2.25. The molecule has 16 heavy (non-hydrogen) atoms. The summed E-state index contributed by atoms with van der Waals surface area (Å²) in [6.07, 6.45) is 2.89. The lowest BCUT2D eigenvalue weighted by molar-refractivity contribution is -0.143. The van der Waals surface area contributed by atoms with Crippen LogP contribution in [0.4, 0.5) is 0 Å². The van der Waals surface area contributed by atoms with E-state index < -0.39 is 12.0 Å². The lowest BCUT2D eigenvalue weighted by atomic mass is 10.0. The molecular weight excluding hydrogens is 208 g/mol. The molecule has 1 heterocycles. The third-order valence-corrected chi connectivity index (χ3v) is 2.86. The van der Waals surface area contributed by atoms with Crippen LogP contribution in [0.3, 0.4) is 0 Å². The third kappa shape index (κ3) is 3.48. The number of nitrogens with one attached hydrogen (secondary N) is 2. The van der Waals surface area contributed by atoms with Crippen molar-refractivity contribution >= 4 is 11.9 Å². The molecule has 0 aliphatic carbocycles. The van der Waals surface area contributed by atoms with Gasteiger partial charge in [-0.2, -0.15) is 0 Å². The van der Waals surface area contributed by atoms with Crippen LogP contribution in [0.2, 0.25) is 0 Å². The number of aliphatic carboxylic acids is 1. The lowest BCUT2D eigenvalue weighted by Crippen LogP contribution is -2.53. The largest absolute Gasteiger partial charge is 0.480 e. The number of carboxylic acid groups (broad SMARTS) is 1. The van der Waals surface area contributed by atoms with E-state index in [1.54, 1.807) is 13.8 Å². The second-order valence-electron chi connectivity index (χ2n) is 4.57. The van der Waals surface area contributed by atoms with Gasteiger partial charge in [-0.25, -0.2) is 4.79 Å². The molecule has 1 saturated heterocycles. The van der Waals surface area contributed by atoms with E-state index in [2.05, 4.69) is 10.6 Å². The molecule has 0 aromatic heterocycles. The van der Waals surface area contributed by atoms with Crippen molar-refractivity contribution in [2.45, 2.75) is 45.2 Å². The molecule has 0 aromatic rings. The molecule has 0 spiro atoms. The van der Waals surface area contributed by atoms with E-state index in [9.17, 15) is 9.59 Å². The van der Waals surface area contributed by atoms with Crippen LogP contribution in [0.15, 0.2) is 0 Å². The maximum Gasteiger partial charge on any atom is 0.326 e. The number of carbonyl (C=O) groups excluding carboxylic acids is 1. The minimum Gasteiger partial charge on any atom is -0.480 e. The second-order valence-corrected chi connectivity index (χ2v) is 4.57. The highest BCUT2D eigenvalue weighted by Crippen LogP contribution is 2.08. The summed E-state index contributed by atoms with van der Waals surface area (Å²) in [6.45, 7) is 4.40. The second kappa shape index (κ2) is 5.84. The van der Waals surface area contributed by atoms with Crippen molar-refractivity contribution in [1.82, 2.24) is 10.6 Å². The fraction of sp³-hybridized carbons (Fsp3) is 0.818. The molecular formula is C11H20N2O3. The van der Waals surface area contributed by atoms with Crippen LogP contribution in [0.25, 0.3) is 0 Å². The van der Waals surface area contributed by atoms with Crippen molar-refractivity contribution < 1.29 is 14.7 Å². The molecule has 0 radical (unpaired) electrons. The fourth-order valence-electron chi connectivity index (χ4n) is 1.84. The zero-order chi connectivity index (χ0) is 12.1. The third-order valence-electron chi connectivity index (χ3n) is 2.86. The first-order valence-electron chi connectivity index (χ1n) is 5.79. The number of carbonyl (C=O) groups is 2. The van der Waals surface area contributed by atoms with Gasteiger partial charge in [0.2, 0.25) is 5.91 Å². The first kappa shape index (κ1) is 13.0. The highest BCUT2D eigenvalue weighted by atomic mass is 16.4. The summed E-state index contributed by atoms with van der Waals surface area (Å²) >= 11 is 0. The molecule has 2 atom stereocenters. The Kier molecular flexibility index (Phi) is 4.73. The summed E-state index contributed by atoms with van der Waals surface area (Å²) in [6, 6.07) is -1.02. The van der Waals surface area contributed by atoms with Crippen molar-refractivity contribution in [2.24, 2.45) is 5.92 Å². The van der Waals surface area contributed by atoms with Gasteiger partial charge in [-0.15, -0.1) is 0 Å². The number of carboxylic acids is 1. The molecule has 1 aliphatic rings. The van der Waals surface area contributed by atoms with Crippen LogP contribution < -0.4 is 10.6 Å². The molecule has 1 amide bonds. The molecule has 1 rings (SSSR count). The van der Waals surface area contributed by atoms with E-state index in [1.807, 2.05) is 0 Å². The summed E-state index contributed by atoms with van der Waals surface area (Å²) in [7, 11) is 0. The molecule has 0 saturated carbocycles. The van der Waals surface area contributed by atoms with Crippen molar-refractivity contribution in [3.63, 3.8) is 0 Å². The van der Waals surface area contributed by atoms with Gasteiger partial charge in [0.05, 0.1) is 6.04 Å². The Morgan fingerprint density at radius 2 is 2.06 bits per heavy atom. The van der Waals surface area contributed by atoms with Crippen LogP contribution >= 0.6 is 0 Å². The van der Waals surface area contributed by atoms with Gasteiger partial charge in [0.15, 0.2) is 0 Å². The molecule has 1 fully saturated rings. The van der Waals surface area contributed by atoms with Crippen molar-refractivity contribution in [3.05, 3.63) is 0 Å². The Bertz CT molecular complexity index is 260. The fourth-order valence-corrected chi connectivity index (χ4v) is 1.84. The van der Waals surface area contributed by atoms with E-state index in [-0.39, 0.29) is 17.9 Å². The molecule has 92 valence electrons. The summed E-state index contributed by atoms with van der Waals surface area (Å²) in [4.78, 5) is 22.7. The van der Waals surface area contributed by atoms with Crippen molar-refractivity contribution in [2.75, 3.05) is 6.54 Å². The topological polar surface area (TPSA) is 78.4 Å². The van der Waals surface area contributed by atoms with Crippen LogP contribution in [-0.2, 0) is 9.59 Å². The predicted molar refractivity (Wildman–Crippen MR) is 60.0 cm³/mol. The van der Waals surface area contributed by atoms with E-state index >= 15 is 0 Å². The molecule has 0 bridgehead atoms. The minimum absolute atomic E-state index is 0.106. The SMILES string of the molecule is CC(C)C(NC(=O)[C@H]1CCCCN1)C(=O)O. The Morgan fingerprint density at radius 3 is 2.50 bits per heavy atom. The summed E-state index contributed by atoms with van der Waals surface area (Å²) in [5.74, 6) is -1.27. The number of hydrogen-bond donors (Lipinski definition) is 3. The Morgan fingerprint density at radius 1 is 1.38 bits per heavy atom. The maximum absolute atomic E-state index is 11.8. The zero-order valence-electron chi connectivity index (χ0n) is 9.82. The lowest BCUT2D eigenvalue weighted by Gasteiger charge is -2.25. The van der Waals surface area contributed by atoms with Crippen LogP contribution in [0, 0.1) is 5.92 Å². The Hall–Kier alpha value is -1.10. The predicted octanol–water partition coefficient (Wildman–Crippen LogP) is 0.354. The summed E-state index contributed by atoms with van der Waals surface area (Å²) in [5.41, 5.74) is 0. The summed E-state index contributed by atoms with van der Waals surface area (Å²) < 4.78 is 0. The number of amides is 1. The zero-order valence-corrected chi connectivity index (χ0v) is 9.82. The molecule has 5 nitrogen and oxygen atoms in total. The average molecular weight is 228 g/mol. The van der Waals surface area contributed by atoms with Gasteiger partial charge < -0.3 is 15.7 Å². The van der Waals surface area contributed by atoms with Crippen LogP contribution in [0.1, 0.15) is 33.1 Å². The number of hydrogen-bond acceptors (Lipinski definition) is 3. The van der Waals surface area contributed by atoms with Gasteiger partial charge in [-0.1, -0.05) is 20.3 Å². The van der Waals surface area contributed by atoms with Gasteiger partial charge in [0, 0.05) is 0 Å². The summed E-state index contributed by atoms with van der Waals surface area (Å²) in [5, 5.41) is 14.6. The van der Waals surface area contributed by atoms with E-state index in [1.165, 1.54) is 0 Å². The van der Waals surface area contributed by atoms with Crippen LogP contribution in [0.5, 0.6) is 0 Å². The highest BCUT2D eigenvalue weighted by Gasteiger charge is 2.27. The van der Waals surface area contributed by atoms with E-state index in [0.717, 1.165) is 25.8 Å². The maximum atomic E-state index is 11.8. The van der Waals surface area contributed by atoms with Crippen LogP contribution in [-0.4, -0.2) is 35.6 Å².